The largest absolute Gasteiger partial charge is 0.385 e. The van der Waals surface area contributed by atoms with Gasteiger partial charge in [-0.05, 0) is 60.9 Å². The molecule has 3 N–H and O–H groups in total. The molecular weight excluding hydrogens is 423 g/mol. The van der Waals surface area contributed by atoms with Crippen molar-refractivity contribution in [2.45, 2.75) is 38.1 Å². The molecule has 6 rings (SSSR count). The van der Waals surface area contributed by atoms with E-state index in [1.165, 1.54) is 24.1 Å². The van der Waals surface area contributed by atoms with Crippen LogP contribution in [0.25, 0.3) is 28.0 Å². The van der Waals surface area contributed by atoms with E-state index in [0.29, 0.717) is 11.6 Å². The number of nitrogens with one attached hydrogen (secondary N) is 1. The second-order valence-electron chi connectivity index (χ2n) is 10.4. The maximum absolute atomic E-state index is 15.0. The van der Waals surface area contributed by atoms with Crippen LogP contribution < -0.4 is 11.1 Å². The molecule has 2 aliphatic heterocycles. The summed E-state index contributed by atoms with van der Waals surface area (Å²) in [6.45, 7) is 11.8. The van der Waals surface area contributed by atoms with Gasteiger partial charge in [0.2, 0.25) is 5.95 Å². The molecule has 0 spiro atoms. The van der Waals surface area contributed by atoms with Crippen molar-refractivity contribution in [2.24, 2.45) is 5.92 Å². The van der Waals surface area contributed by atoms with Gasteiger partial charge in [-0.3, -0.25) is 4.90 Å². The van der Waals surface area contributed by atoms with Crippen molar-refractivity contribution in [1.29, 1.82) is 0 Å². The van der Waals surface area contributed by atoms with Gasteiger partial charge in [-0.2, -0.15) is 4.39 Å². The molecule has 174 valence electrons. The topological polar surface area (TPSA) is 54.2 Å². The number of pyridine rings is 1. The molecule has 1 aliphatic carbocycles. The summed E-state index contributed by atoms with van der Waals surface area (Å²) in [5.74, 6) is 0.432. The van der Waals surface area contributed by atoms with Crippen LogP contribution in [-0.4, -0.2) is 35.6 Å². The molecule has 4 nitrogen and oxygen atoms in total. The number of aromatic nitrogens is 1. The highest BCUT2D eigenvalue weighted by molar-refractivity contribution is 5.81. The highest BCUT2D eigenvalue weighted by Crippen LogP contribution is 2.59. The standard InChI is InChI=1S/C29H31FN4/c1-17(2)34-15-23-14-29(23,16-34)22-7-4-19(5-8-22)25-13-26(28(31)33-27(25)30)20-6-9-24-18(3)32-11-10-21(24)12-20/h4-9,12-13,17,23,32H,3,10-11,14-16H2,1-2H3,(H2,31,33)/t23?,29-/m1/s1. The fourth-order valence-corrected chi connectivity index (χ4v) is 5.99. The molecule has 1 unspecified atom stereocenters. The Morgan fingerprint density at radius 3 is 2.59 bits per heavy atom. The minimum atomic E-state index is -0.529. The molecule has 0 amide bonds. The van der Waals surface area contributed by atoms with E-state index >= 15 is 0 Å². The fourth-order valence-electron chi connectivity index (χ4n) is 5.99. The monoisotopic (exact) mass is 454 g/mol. The van der Waals surface area contributed by atoms with Crippen LogP contribution >= 0.6 is 0 Å². The lowest BCUT2D eigenvalue weighted by molar-refractivity contribution is 0.243. The molecule has 34 heavy (non-hydrogen) atoms. The van der Waals surface area contributed by atoms with Crippen molar-refractivity contribution in [3.8, 4) is 22.3 Å². The number of benzene rings is 2. The highest BCUT2D eigenvalue weighted by Gasteiger charge is 2.60. The van der Waals surface area contributed by atoms with Gasteiger partial charge in [0.15, 0.2) is 0 Å². The molecule has 1 saturated heterocycles. The third kappa shape index (κ3) is 3.33. The minimum Gasteiger partial charge on any atom is -0.385 e. The Hall–Kier alpha value is -3.18. The Morgan fingerprint density at radius 1 is 1.09 bits per heavy atom. The van der Waals surface area contributed by atoms with Gasteiger partial charge in [0.25, 0.3) is 0 Å². The normalized spacial score (nSPS) is 23.5. The van der Waals surface area contributed by atoms with Crippen LogP contribution in [0.4, 0.5) is 10.2 Å². The number of fused-ring (bicyclic) bond motifs is 2. The average molecular weight is 455 g/mol. The third-order valence-corrected chi connectivity index (χ3v) is 8.15. The van der Waals surface area contributed by atoms with Crippen molar-refractivity contribution in [2.75, 3.05) is 25.4 Å². The summed E-state index contributed by atoms with van der Waals surface area (Å²) in [6.07, 6.45) is 2.18. The second kappa shape index (κ2) is 7.67. The van der Waals surface area contributed by atoms with Gasteiger partial charge >= 0.3 is 0 Å². The summed E-state index contributed by atoms with van der Waals surface area (Å²) < 4.78 is 15.0. The van der Waals surface area contributed by atoms with E-state index in [1.54, 1.807) is 0 Å². The Bertz CT molecular complexity index is 1300. The summed E-state index contributed by atoms with van der Waals surface area (Å²) in [5.41, 5.74) is 14.2. The van der Waals surface area contributed by atoms with Gasteiger partial charge in [-0.15, -0.1) is 0 Å². The first-order chi connectivity index (χ1) is 16.4. The maximum Gasteiger partial charge on any atom is 0.222 e. The molecule has 3 heterocycles. The summed E-state index contributed by atoms with van der Waals surface area (Å²) in [6, 6.07) is 17.1. The number of hydrogen-bond acceptors (Lipinski definition) is 4. The Labute approximate surface area is 200 Å². The molecule has 0 bridgehead atoms. The first-order valence-corrected chi connectivity index (χ1v) is 12.2. The van der Waals surface area contributed by atoms with Gasteiger partial charge in [0, 0.05) is 53.5 Å². The molecule has 3 aliphatic rings. The third-order valence-electron chi connectivity index (χ3n) is 8.15. The molecule has 2 fully saturated rings. The number of nitrogen functional groups attached to an aromatic ring is 1. The Morgan fingerprint density at radius 2 is 1.85 bits per heavy atom. The van der Waals surface area contributed by atoms with Gasteiger partial charge in [-0.25, -0.2) is 4.98 Å². The second-order valence-corrected chi connectivity index (χ2v) is 10.4. The van der Waals surface area contributed by atoms with Crippen LogP contribution in [-0.2, 0) is 11.8 Å². The fraction of sp³-hybridized carbons (Fsp3) is 0.345. The summed E-state index contributed by atoms with van der Waals surface area (Å²) in [5, 5.41) is 3.30. The van der Waals surface area contributed by atoms with Gasteiger partial charge < -0.3 is 11.1 Å². The van der Waals surface area contributed by atoms with E-state index in [9.17, 15) is 4.39 Å². The Kier molecular flexibility index (Phi) is 4.82. The zero-order chi connectivity index (χ0) is 23.6. The number of piperidine rings is 1. The van der Waals surface area contributed by atoms with Crippen LogP contribution in [0.1, 0.15) is 37.0 Å². The van der Waals surface area contributed by atoms with Crippen LogP contribution in [0.3, 0.4) is 0 Å². The summed E-state index contributed by atoms with van der Waals surface area (Å²) in [4.78, 5) is 6.65. The Balaban J connectivity index is 1.33. The first kappa shape index (κ1) is 21.4. The average Bonchev–Trinajstić information content (AvgIpc) is 3.39. The predicted octanol–water partition coefficient (Wildman–Crippen LogP) is 5.24. The van der Waals surface area contributed by atoms with Crippen LogP contribution in [0, 0.1) is 11.9 Å². The molecule has 2 atom stereocenters. The molecule has 2 aromatic carbocycles. The molecule has 3 aromatic rings. The SMILES string of the molecule is C=C1NCCc2cc(-c3cc(-c4ccc([C@]56CC5CN(C(C)C)C6)cc4)c(F)nc3N)ccc21. The van der Waals surface area contributed by atoms with Crippen LogP contribution in [0.15, 0.2) is 55.1 Å². The lowest BCUT2D eigenvalue weighted by atomic mass is 9.91. The van der Waals surface area contributed by atoms with Crippen molar-refractivity contribution < 1.29 is 4.39 Å². The van der Waals surface area contributed by atoms with Gasteiger partial charge in [0.1, 0.15) is 5.82 Å². The molecule has 0 radical (unpaired) electrons. The zero-order valence-electron chi connectivity index (χ0n) is 19.9. The quantitative estimate of drug-likeness (QED) is 0.530. The lowest BCUT2D eigenvalue weighted by Gasteiger charge is -2.24. The van der Waals surface area contributed by atoms with Crippen LogP contribution in [0.5, 0.6) is 0 Å². The van der Waals surface area contributed by atoms with Crippen molar-refractivity contribution in [3.63, 3.8) is 0 Å². The predicted molar refractivity (Wildman–Crippen MR) is 137 cm³/mol. The van der Waals surface area contributed by atoms with Gasteiger partial charge in [-0.1, -0.05) is 49.0 Å². The number of likely N-dealkylation sites (tertiary alicyclic amines) is 1. The summed E-state index contributed by atoms with van der Waals surface area (Å²) in [7, 11) is 0. The van der Waals surface area contributed by atoms with Crippen LogP contribution in [0.2, 0.25) is 0 Å². The number of halogens is 1. The maximum atomic E-state index is 15.0. The van der Waals surface area contributed by atoms with Crippen molar-refractivity contribution >= 4 is 11.5 Å². The van der Waals surface area contributed by atoms with E-state index in [0.717, 1.165) is 53.4 Å². The van der Waals surface area contributed by atoms with E-state index < -0.39 is 5.95 Å². The lowest BCUT2D eigenvalue weighted by Crippen LogP contribution is -2.32. The minimum absolute atomic E-state index is 0.213. The zero-order valence-corrected chi connectivity index (χ0v) is 19.9. The van der Waals surface area contributed by atoms with Gasteiger partial charge in [0.05, 0.1) is 0 Å². The number of nitrogens with two attached hydrogens (primary N) is 1. The smallest absolute Gasteiger partial charge is 0.222 e. The molecule has 1 saturated carbocycles. The number of hydrogen-bond donors (Lipinski definition) is 2. The van der Waals surface area contributed by atoms with E-state index in [4.69, 9.17) is 5.73 Å². The van der Waals surface area contributed by atoms with Crippen molar-refractivity contribution in [3.05, 3.63) is 77.7 Å². The van der Waals surface area contributed by atoms with E-state index in [-0.39, 0.29) is 11.2 Å². The molecular formula is C29H31FN4. The number of nitrogens with zero attached hydrogens (tertiary/aromatic N) is 2. The first-order valence-electron chi connectivity index (χ1n) is 12.2. The van der Waals surface area contributed by atoms with E-state index in [1.807, 2.05) is 24.3 Å². The van der Waals surface area contributed by atoms with E-state index in [2.05, 4.69) is 59.9 Å². The molecule has 5 heteroatoms. The summed E-state index contributed by atoms with van der Waals surface area (Å²) >= 11 is 0. The highest BCUT2D eigenvalue weighted by atomic mass is 19.1. The number of anilines is 1. The molecule has 1 aromatic heterocycles. The van der Waals surface area contributed by atoms with Crippen molar-refractivity contribution in [1.82, 2.24) is 15.2 Å². The number of rotatable bonds is 4.